The fraction of sp³-hybridized carbons (Fsp3) is 0.462. The number of benzene rings is 1. The zero-order chi connectivity index (χ0) is 16.5. The summed E-state index contributed by atoms with van der Waals surface area (Å²) >= 11 is 0. The molecular weight excluding hydrogens is 307 g/mol. The zero-order valence-electron chi connectivity index (χ0n) is 11.2. The van der Waals surface area contributed by atoms with E-state index in [1.807, 2.05) is 0 Å². The summed E-state index contributed by atoms with van der Waals surface area (Å²) in [4.78, 5) is 10.8. The van der Waals surface area contributed by atoms with Crippen LogP contribution in [0.1, 0.15) is 18.1 Å². The van der Waals surface area contributed by atoms with Crippen molar-refractivity contribution in [2.45, 2.75) is 18.2 Å². The lowest BCUT2D eigenvalue weighted by Crippen LogP contribution is -2.57. The second-order valence-corrected chi connectivity index (χ2v) is 5.11. The molecule has 6 nitrogen and oxygen atoms in total. The molecule has 1 amide bonds. The molecule has 1 unspecified atom stereocenters. The number of ether oxygens (including phenoxy) is 1. The molecule has 1 aromatic carbocycles. The van der Waals surface area contributed by atoms with E-state index in [2.05, 4.69) is 0 Å². The van der Waals surface area contributed by atoms with Crippen LogP contribution in [0, 0.1) is 23.4 Å². The molecule has 0 aromatic heterocycles. The lowest BCUT2D eigenvalue weighted by atomic mass is 9.86. The van der Waals surface area contributed by atoms with Crippen LogP contribution < -0.4 is 5.32 Å². The van der Waals surface area contributed by atoms with Crippen molar-refractivity contribution in [2.75, 3.05) is 13.2 Å². The van der Waals surface area contributed by atoms with Gasteiger partial charge >= 0.3 is 6.09 Å². The summed E-state index contributed by atoms with van der Waals surface area (Å²) in [6, 6.07) is 0.788. The third kappa shape index (κ3) is 3.16. The maximum atomic E-state index is 13.9. The Labute approximate surface area is 123 Å². The van der Waals surface area contributed by atoms with Crippen molar-refractivity contribution >= 4 is 6.09 Å². The fourth-order valence-electron chi connectivity index (χ4n) is 2.48. The van der Waals surface area contributed by atoms with Crippen molar-refractivity contribution in [3.63, 3.8) is 0 Å². The molecule has 1 aliphatic heterocycles. The molecule has 1 aromatic rings. The van der Waals surface area contributed by atoms with E-state index >= 15 is 0 Å². The molecule has 0 bridgehead atoms. The van der Waals surface area contributed by atoms with Crippen molar-refractivity contribution < 1.29 is 38.0 Å². The van der Waals surface area contributed by atoms with E-state index in [-0.39, 0.29) is 19.1 Å². The summed E-state index contributed by atoms with van der Waals surface area (Å²) < 4.78 is 45.3. The number of aliphatic hydroxyl groups is 2. The molecule has 2 rings (SSSR count). The lowest BCUT2D eigenvalue weighted by molar-refractivity contribution is -0.185. The first-order chi connectivity index (χ1) is 10.3. The summed E-state index contributed by atoms with van der Waals surface area (Å²) in [5.74, 6) is -4.56. The van der Waals surface area contributed by atoms with Gasteiger partial charge in [0.2, 0.25) is 0 Å². The zero-order valence-corrected chi connectivity index (χ0v) is 11.2. The van der Waals surface area contributed by atoms with Crippen molar-refractivity contribution in [1.82, 2.24) is 5.32 Å². The molecule has 9 heteroatoms. The van der Waals surface area contributed by atoms with Crippen LogP contribution in [-0.4, -0.2) is 40.4 Å². The van der Waals surface area contributed by atoms with Crippen molar-refractivity contribution in [1.29, 1.82) is 0 Å². The van der Waals surface area contributed by atoms with E-state index in [9.17, 15) is 23.1 Å². The number of hydrogen-bond acceptors (Lipinski definition) is 4. The molecule has 1 aliphatic rings. The normalized spacial score (nSPS) is 28.4. The van der Waals surface area contributed by atoms with Gasteiger partial charge in [0.1, 0.15) is 11.9 Å². The van der Waals surface area contributed by atoms with Crippen LogP contribution in [0.15, 0.2) is 12.1 Å². The first kappa shape index (κ1) is 16.5. The van der Waals surface area contributed by atoms with E-state index in [1.165, 1.54) is 0 Å². The quantitative estimate of drug-likeness (QED) is 0.494. The van der Waals surface area contributed by atoms with Gasteiger partial charge in [0.15, 0.2) is 17.4 Å². The van der Waals surface area contributed by atoms with Crippen molar-refractivity contribution in [3.05, 3.63) is 35.1 Å². The Kier molecular flexibility index (Phi) is 4.59. The highest BCUT2D eigenvalue weighted by atomic mass is 19.2. The number of carbonyl (C=O) groups is 1. The third-order valence-electron chi connectivity index (χ3n) is 3.44. The Bertz CT molecular complexity index is 585. The highest BCUT2D eigenvalue weighted by molar-refractivity contribution is 5.65. The highest BCUT2D eigenvalue weighted by Gasteiger charge is 2.47. The molecule has 0 aliphatic carbocycles. The highest BCUT2D eigenvalue weighted by Crippen LogP contribution is 2.39. The topological polar surface area (TPSA) is 99.0 Å². The van der Waals surface area contributed by atoms with Crippen LogP contribution in [-0.2, 0) is 4.74 Å². The second-order valence-electron chi connectivity index (χ2n) is 5.11. The second kappa shape index (κ2) is 6.11. The Morgan fingerprint density at radius 3 is 2.55 bits per heavy atom. The van der Waals surface area contributed by atoms with Crippen LogP contribution in [0.2, 0.25) is 0 Å². The van der Waals surface area contributed by atoms with Gasteiger partial charge in [-0.05, 0) is 6.07 Å². The minimum atomic E-state index is -2.29. The maximum absolute atomic E-state index is 13.9. The predicted molar refractivity (Wildman–Crippen MR) is 66.3 cm³/mol. The molecule has 1 heterocycles. The van der Waals surface area contributed by atoms with Gasteiger partial charge in [-0.3, -0.25) is 5.32 Å². The Morgan fingerprint density at radius 2 is 1.95 bits per heavy atom. The average Bonchev–Trinajstić information content (AvgIpc) is 2.42. The van der Waals surface area contributed by atoms with Gasteiger partial charge in [0.25, 0.3) is 0 Å². The van der Waals surface area contributed by atoms with Gasteiger partial charge in [-0.25, -0.2) is 18.0 Å². The molecule has 1 fully saturated rings. The molecule has 0 radical (unpaired) electrons. The van der Waals surface area contributed by atoms with E-state index in [1.54, 1.807) is 5.32 Å². The summed E-state index contributed by atoms with van der Waals surface area (Å²) in [6.07, 6.45) is -3.47. The van der Waals surface area contributed by atoms with Crippen LogP contribution in [0.5, 0.6) is 0 Å². The molecule has 0 spiro atoms. The number of halogens is 3. The van der Waals surface area contributed by atoms with Gasteiger partial charge in [-0.1, -0.05) is 0 Å². The first-order valence-corrected chi connectivity index (χ1v) is 6.37. The average molecular weight is 321 g/mol. The molecule has 122 valence electrons. The van der Waals surface area contributed by atoms with E-state index in [0.717, 1.165) is 0 Å². The molecule has 1 saturated heterocycles. The van der Waals surface area contributed by atoms with Gasteiger partial charge in [0, 0.05) is 30.6 Å². The van der Waals surface area contributed by atoms with E-state index in [4.69, 9.17) is 14.9 Å². The number of hydrogen-bond donors (Lipinski definition) is 4. The Balaban J connectivity index is 2.42. The Hall–Kier alpha value is -1.84. The Morgan fingerprint density at radius 1 is 1.32 bits per heavy atom. The monoisotopic (exact) mass is 321 g/mol. The van der Waals surface area contributed by atoms with Gasteiger partial charge in [0.05, 0.1) is 6.61 Å². The van der Waals surface area contributed by atoms with Gasteiger partial charge < -0.3 is 20.1 Å². The number of amides is 1. The number of aliphatic hydroxyl groups excluding tert-OH is 1. The third-order valence-corrected chi connectivity index (χ3v) is 3.44. The largest absolute Gasteiger partial charge is 0.465 e. The standard InChI is InChI=1S/C13H14F3NO5/c14-8-2-10(16)9(15)1-7(8)11-13(21,17-12(19)20)3-6(4-18)5-22-11/h1-2,6,11,17-18,21H,3-5H2,(H,19,20)/t6?,11-,13+/m1/s1. The fourth-order valence-corrected chi connectivity index (χ4v) is 2.48. The molecule has 22 heavy (non-hydrogen) atoms. The predicted octanol–water partition coefficient (Wildman–Crippen LogP) is 1.13. The number of rotatable bonds is 3. The van der Waals surface area contributed by atoms with Gasteiger partial charge in [-0.15, -0.1) is 0 Å². The van der Waals surface area contributed by atoms with Crippen molar-refractivity contribution in [2.24, 2.45) is 5.92 Å². The number of carboxylic acid groups (broad SMARTS) is 1. The molecular formula is C13H14F3NO5. The smallest absolute Gasteiger partial charge is 0.406 e. The van der Waals surface area contributed by atoms with E-state index < -0.39 is 53.5 Å². The van der Waals surface area contributed by atoms with E-state index in [0.29, 0.717) is 6.07 Å². The summed E-state index contributed by atoms with van der Waals surface area (Å²) in [7, 11) is 0. The maximum Gasteiger partial charge on any atom is 0.406 e. The SMILES string of the molecule is O=C(O)N[C@]1(O)CC(CO)CO[C@@H]1c1cc(F)c(F)cc1F. The minimum Gasteiger partial charge on any atom is -0.465 e. The van der Waals surface area contributed by atoms with Crippen LogP contribution in [0.25, 0.3) is 0 Å². The van der Waals surface area contributed by atoms with Crippen LogP contribution >= 0.6 is 0 Å². The number of nitrogens with one attached hydrogen (secondary N) is 1. The van der Waals surface area contributed by atoms with Crippen LogP contribution in [0.3, 0.4) is 0 Å². The van der Waals surface area contributed by atoms with Crippen LogP contribution in [0.4, 0.5) is 18.0 Å². The molecule has 3 atom stereocenters. The lowest BCUT2D eigenvalue weighted by Gasteiger charge is -2.42. The molecule has 0 saturated carbocycles. The van der Waals surface area contributed by atoms with Gasteiger partial charge in [-0.2, -0.15) is 0 Å². The summed E-state index contributed by atoms with van der Waals surface area (Å²) in [6.45, 7) is -0.500. The molecule has 4 N–H and O–H groups in total. The summed E-state index contributed by atoms with van der Waals surface area (Å²) in [5.41, 5.74) is -2.81. The first-order valence-electron chi connectivity index (χ1n) is 6.37. The van der Waals surface area contributed by atoms with Crippen molar-refractivity contribution in [3.8, 4) is 0 Å². The summed E-state index contributed by atoms with van der Waals surface area (Å²) in [5, 5.41) is 30.1. The minimum absolute atomic E-state index is 0.108.